The van der Waals surface area contributed by atoms with E-state index >= 15 is 0 Å². The predicted octanol–water partition coefficient (Wildman–Crippen LogP) is 2.17. The maximum Gasteiger partial charge on any atom is 0.273 e. The first-order valence-corrected chi connectivity index (χ1v) is 6.44. The van der Waals surface area contributed by atoms with Gasteiger partial charge in [-0.05, 0) is 18.6 Å². The largest absolute Gasteiger partial charge is 0.369 e. The molecule has 0 fully saturated rings. The first-order chi connectivity index (χ1) is 8.65. The molecular formula is C13H22N4O. The highest BCUT2D eigenvalue weighted by Gasteiger charge is 2.09. The van der Waals surface area contributed by atoms with Gasteiger partial charge in [-0.1, -0.05) is 26.2 Å². The fraction of sp³-hybridized carbons (Fsp3) is 0.615. The van der Waals surface area contributed by atoms with E-state index in [2.05, 4.69) is 22.4 Å². The van der Waals surface area contributed by atoms with E-state index in [9.17, 15) is 4.79 Å². The summed E-state index contributed by atoms with van der Waals surface area (Å²) in [5, 5.41) is 11.1. The van der Waals surface area contributed by atoms with Gasteiger partial charge >= 0.3 is 0 Å². The zero-order valence-electron chi connectivity index (χ0n) is 11.4. The lowest BCUT2D eigenvalue weighted by atomic mass is 10.2. The number of carbonyl (C=O) groups is 1. The molecule has 0 radical (unpaired) electrons. The van der Waals surface area contributed by atoms with Gasteiger partial charge in [0.05, 0.1) is 0 Å². The quantitative estimate of drug-likeness (QED) is 0.753. The molecule has 0 aliphatic carbocycles. The molecule has 5 heteroatoms. The standard InChI is InChI=1S/C13H22N4O/c1-4-5-6-7-10-14-12-9-8-11(15-16-12)13(18)17(2)3/h8-9H,4-7,10H2,1-3H3,(H,14,16). The third-order valence-corrected chi connectivity index (χ3v) is 2.63. The SMILES string of the molecule is CCCCCCNc1ccc(C(=O)N(C)C)nn1. The van der Waals surface area contributed by atoms with Crippen LogP contribution in [-0.4, -0.2) is 41.6 Å². The van der Waals surface area contributed by atoms with Crippen LogP contribution in [0.1, 0.15) is 43.1 Å². The van der Waals surface area contributed by atoms with Crippen molar-refractivity contribution < 1.29 is 4.79 Å². The van der Waals surface area contributed by atoms with E-state index in [0.29, 0.717) is 5.69 Å². The monoisotopic (exact) mass is 250 g/mol. The summed E-state index contributed by atoms with van der Waals surface area (Å²) in [6, 6.07) is 3.49. The zero-order valence-corrected chi connectivity index (χ0v) is 11.4. The van der Waals surface area contributed by atoms with Crippen molar-refractivity contribution in [2.24, 2.45) is 0 Å². The van der Waals surface area contributed by atoms with Crippen LogP contribution in [0.3, 0.4) is 0 Å². The minimum atomic E-state index is -0.128. The molecule has 1 heterocycles. The molecule has 18 heavy (non-hydrogen) atoms. The molecule has 0 spiro atoms. The Morgan fingerprint density at radius 2 is 2.00 bits per heavy atom. The maximum absolute atomic E-state index is 11.6. The highest BCUT2D eigenvalue weighted by Crippen LogP contribution is 2.05. The number of anilines is 1. The van der Waals surface area contributed by atoms with E-state index in [4.69, 9.17) is 0 Å². The average molecular weight is 250 g/mol. The van der Waals surface area contributed by atoms with Gasteiger partial charge in [0.1, 0.15) is 5.82 Å². The van der Waals surface area contributed by atoms with Gasteiger partial charge in [0.25, 0.3) is 5.91 Å². The van der Waals surface area contributed by atoms with Crippen molar-refractivity contribution in [2.45, 2.75) is 32.6 Å². The fourth-order valence-electron chi connectivity index (χ4n) is 1.54. The molecule has 0 aliphatic heterocycles. The Balaban J connectivity index is 2.38. The lowest BCUT2D eigenvalue weighted by Gasteiger charge is -2.09. The van der Waals surface area contributed by atoms with Crippen LogP contribution in [0.15, 0.2) is 12.1 Å². The smallest absolute Gasteiger partial charge is 0.273 e. The highest BCUT2D eigenvalue weighted by atomic mass is 16.2. The summed E-state index contributed by atoms with van der Waals surface area (Å²) < 4.78 is 0. The third kappa shape index (κ3) is 4.69. The fourth-order valence-corrected chi connectivity index (χ4v) is 1.54. The number of hydrogen-bond acceptors (Lipinski definition) is 4. The molecule has 1 rings (SSSR count). The second-order valence-corrected chi connectivity index (χ2v) is 4.49. The number of nitrogens with zero attached hydrogens (tertiary/aromatic N) is 3. The first-order valence-electron chi connectivity index (χ1n) is 6.44. The summed E-state index contributed by atoms with van der Waals surface area (Å²) >= 11 is 0. The van der Waals surface area contributed by atoms with E-state index in [-0.39, 0.29) is 5.91 Å². The van der Waals surface area contributed by atoms with Crippen LogP contribution in [0.2, 0.25) is 0 Å². The van der Waals surface area contributed by atoms with Gasteiger partial charge in [-0.25, -0.2) is 0 Å². The molecule has 0 saturated carbocycles. The van der Waals surface area contributed by atoms with Crippen LogP contribution in [0.5, 0.6) is 0 Å². The Morgan fingerprint density at radius 3 is 2.56 bits per heavy atom. The Labute approximate surface area is 109 Å². The molecule has 5 nitrogen and oxygen atoms in total. The Kier molecular flexibility index (Phi) is 6.11. The Bertz CT molecular complexity index is 362. The number of aromatic nitrogens is 2. The molecule has 1 aromatic heterocycles. The van der Waals surface area contributed by atoms with E-state index in [1.54, 1.807) is 26.2 Å². The molecule has 0 aliphatic rings. The van der Waals surface area contributed by atoms with E-state index < -0.39 is 0 Å². The highest BCUT2D eigenvalue weighted by molar-refractivity contribution is 5.91. The van der Waals surface area contributed by atoms with Gasteiger partial charge in [0, 0.05) is 20.6 Å². The zero-order chi connectivity index (χ0) is 13.4. The maximum atomic E-state index is 11.6. The third-order valence-electron chi connectivity index (χ3n) is 2.63. The molecule has 0 unspecified atom stereocenters. The summed E-state index contributed by atoms with van der Waals surface area (Å²) in [5.74, 6) is 0.596. The van der Waals surface area contributed by atoms with Crippen LogP contribution in [0.4, 0.5) is 5.82 Å². The van der Waals surface area contributed by atoms with Crippen molar-refractivity contribution >= 4 is 11.7 Å². The molecule has 1 amide bonds. The van der Waals surface area contributed by atoms with Crippen LogP contribution < -0.4 is 5.32 Å². The summed E-state index contributed by atoms with van der Waals surface area (Å²) in [4.78, 5) is 13.1. The van der Waals surface area contributed by atoms with Gasteiger partial charge in [0.2, 0.25) is 0 Å². The summed E-state index contributed by atoms with van der Waals surface area (Å²) in [5.41, 5.74) is 0.372. The second-order valence-electron chi connectivity index (χ2n) is 4.49. The molecule has 0 aromatic carbocycles. The lowest BCUT2D eigenvalue weighted by molar-refractivity contribution is 0.0821. The van der Waals surface area contributed by atoms with E-state index in [1.807, 2.05) is 0 Å². The number of carbonyl (C=O) groups excluding carboxylic acids is 1. The topological polar surface area (TPSA) is 58.1 Å². The van der Waals surface area contributed by atoms with Crippen LogP contribution >= 0.6 is 0 Å². The molecule has 1 aromatic rings. The van der Waals surface area contributed by atoms with Gasteiger partial charge in [-0.3, -0.25) is 4.79 Å². The normalized spacial score (nSPS) is 10.2. The van der Waals surface area contributed by atoms with Crippen LogP contribution in [0, 0.1) is 0 Å². The molecule has 1 N–H and O–H groups in total. The minimum Gasteiger partial charge on any atom is -0.369 e. The number of amides is 1. The van der Waals surface area contributed by atoms with Gasteiger partial charge < -0.3 is 10.2 Å². The minimum absolute atomic E-state index is 0.128. The van der Waals surface area contributed by atoms with Crippen molar-refractivity contribution in [2.75, 3.05) is 26.0 Å². The van der Waals surface area contributed by atoms with E-state index in [0.717, 1.165) is 18.8 Å². The second kappa shape index (κ2) is 7.63. The van der Waals surface area contributed by atoms with Gasteiger partial charge in [-0.2, -0.15) is 0 Å². The molecule has 0 atom stereocenters. The number of nitrogens with one attached hydrogen (secondary N) is 1. The number of rotatable bonds is 7. The summed E-state index contributed by atoms with van der Waals surface area (Å²) in [7, 11) is 3.40. The molecule has 0 bridgehead atoms. The predicted molar refractivity (Wildman–Crippen MR) is 72.7 cm³/mol. The van der Waals surface area contributed by atoms with Crippen molar-refractivity contribution in [3.8, 4) is 0 Å². The van der Waals surface area contributed by atoms with Crippen molar-refractivity contribution in [1.29, 1.82) is 0 Å². The summed E-state index contributed by atoms with van der Waals surface area (Å²) in [6.07, 6.45) is 4.87. The number of hydrogen-bond donors (Lipinski definition) is 1. The van der Waals surface area contributed by atoms with Crippen molar-refractivity contribution in [3.05, 3.63) is 17.8 Å². The molecule has 100 valence electrons. The first kappa shape index (κ1) is 14.4. The summed E-state index contributed by atoms with van der Waals surface area (Å²) in [6.45, 7) is 3.09. The lowest BCUT2D eigenvalue weighted by Crippen LogP contribution is -2.23. The van der Waals surface area contributed by atoms with Gasteiger partial charge in [-0.15, -0.1) is 10.2 Å². The van der Waals surface area contributed by atoms with E-state index in [1.165, 1.54) is 24.2 Å². The van der Waals surface area contributed by atoms with Crippen LogP contribution in [-0.2, 0) is 0 Å². The molecular weight excluding hydrogens is 228 g/mol. The van der Waals surface area contributed by atoms with Gasteiger partial charge in [0.15, 0.2) is 5.69 Å². The Morgan fingerprint density at radius 1 is 1.22 bits per heavy atom. The van der Waals surface area contributed by atoms with Crippen molar-refractivity contribution in [3.63, 3.8) is 0 Å². The average Bonchev–Trinajstić information content (AvgIpc) is 2.38. The van der Waals surface area contributed by atoms with Crippen LogP contribution in [0.25, 0.3) is 0 Å². The Hall–Kier alpha value is -1.65. The van der Waals surface area contributed by atoms with Crippen molar-refractivity contribution in [1.82, 2.24) is 15.1 Å². The number of unbranched alkanes of at least 4 members (excludes halogenated alkanes) is 3. The molecule has 0 saturated heterocycles.